The van der Waals surface area contributed by atoms with Crippen LogP contribution in [0.1, 0.15) is 12.5 Å². The largest absolute Gasteiger partial charge is 0.482 e. The second-order valence-electron chi connectivity index (χ2n) is 6.40. The van der Waals surface area contributed by atoms with Gasteiger partial charge in [0.25, 0.3) is 10.0 Å². The summed E-state index contributed by atoms with van der Waals surface area (Å²) in [7, 11) is -3.82. The van der Waals surface area contributed by atoms with E-state index in [0.717, 1.165) is 5.56 Å². The van der Waals surface area contributed by atoms with Gasteiger partial charge in [0.05, 0.1) is 23.7 Å². The highest BCUT2D eigenvalue weighted by Crippen LogP contribution is 2.28. The fourth-order valence-corrected chi connectivity index (χ4v) is 4.32. The van der Waals surface area contributed by atoms with E-state index in [1.165, 1.54) is 4.31 Å². The van der Waals surface area contributed by atoms with Crippen LogP contribution < -0.4 is 9.04 Å². The Kier molecular flexibility index (Phi) is 7.08. The monoisotopic (exact) mass is 425 g/mol. The summed E-state index contributed by atoms with van der Waals surface area (Å²) in [6.07, 6.45) is 0. The Morgan fingerprint density at radius 1 is 0.900 bits per heavy atom. The summed E-state index contributed by atoms with van der Waals surface area (Å²) < 4.78 is 38.5. The third kappa shape index (κ3) is 5.39. The Morgan fingerprint density at radius 2 is 1.57 bits per heavy atom. The van der Waals surface area contributed by atoms with E-state index >= 15 is 0 Å². The molecule has 0 aliphatic carbocycles. The summed E-state index contributed by atoms with van der Waals surface area (Å²) in [5, 5.41) is 0. The van der Waals surface area contributed by atoms with E-state index < -0.39 is 16.0 Å². The van der Waals surface area contributed by atoms with Crippen LogP contribution in [-0.4, -0.2) is 27.6 Å². The predicted octanol–water partition coefficient (Wildman–Crippen LogP) is 4.02. The lowest BCUT2D eigenvalue weighted by atomic mass is 10.2. The molecular weight excluding hydrogens is 402 g/mol. The Morgan fingerprint density at radius 3 is 2.23 bits per heavy atom. The highest BCUT2D eigenvalue weighted by molar-refractivity contribution is 7.92. The number of carbonyl (C=O) groups is 1. The number of hydrogen-bond acceptors (Lipinski definition) is 5. The highest BCUT2D eigenvalue weighted by Gasteiger charge is 2.25. The van der Waals surface area contributed by atoms with Crippen molar-refractivity contribution in [2.24, 2.45) is 0 Å². The Hall–Kier alpha value is -3.32. The summed E-state index contributed by atoms with van der Waals surface area (Å²) in [4.78, 5) is 11.8. The van der Waals surface area contributed by atoms with E-state index in [1.807, 2.05) is 30.3 Å². The number of nitrogens with zero attached hydrogens (tertiary/aromatic N) is 1. The van der Waals surface area contributed by atoms with Crippen LogP contribution in [0.5, 0.6) is 5.75 Å². The van der Waals surface area contributed by atoms with Crippen LogP contribution in [-0.2, 0) is 26.1 Å². The minimum absolute atomic E-state index is 0.152. The van der Waals surface area contributed by atoms with Gasteiger partial charge < -0.3 is 9.47 Å². The maximum absolute atomic E-state index is 13.4. The predicted molar refractivity (Wildman–Crippen MR) is 115 cm³/mol. The second kappa shape index (κ2) is 9.93. The summed E-state index contributed by atoms with van der Waals surface area (Å²) in [6, 6.07) is 24.3. The molecule has 0 saturated carbocycles. The van der Waals surface area contributed by atoms with E-state index in [-0.39, 0.29) is 24.7 Å². The molecule has 0 spiro atoms. The summed E-state index contributed by atoms with van der Waals surface area (Å²) in [6.45, 7) is 1.89. The van der Waals surface area contributed by atoms with Gasteiger partial charge in [0.1, 0.15) is 5.75 Å². The Bertz CT molecular complexity index is 1070. The van der Waals surface area contributed by atoms with Gasteiger partial charge in [-0.1, -0.05) is 54.6 Å². The maximum Gasteiger partial charge on any atom is 0.344 e. The first-order chi connectivity index (χ1) is 14.5. The zero-order valence-corrected chi connectivity index (χ0v) is 17.4. The Balaban J connectivity index is 1.94. The molecule has 0 N–H and O–H groups in total. The molecule has 3 aromatic rings. The molecule has 0 amide bonds. The average molecular weight is 426 g/mol. The molecule has 156 valence electrons. The zero-order valence-electron chi connectivity index (χ0n) is 16.6. The first-order valence-electron chi connectivity index (χ1n) is 9.51. The van der Waals surface area contributed by atoms with Gasteiger partial charge in [-0.2, -0.15) is 0 Å². The molecule has 30 heavy (non-hydrogen) atoms. The minimum atomic E-state index is -3.82. The van der Waals surface area contributed by atoms with Crippen molar-refractivity contribution in [1.82, 2.24) is 0 Å². The molecule has 0 unspecified atom stereocenters. The number of hydrogen-bond donors (Lipinski definition) is 0. The summed E-state index contributed by atoms with van der Waals surface area (Å²) in [5.41, 5.74) is 1.28. The molecule has 3 rings (SSSR count). The number of ether oxygens (including phenoxy) is 2. The van der Waals surface area contributed by atoms with Crippen LogP contribution in [0.15, 0.2) is 89.8 Å². The molecule has 0 aromatic heterocycles. The number of benzene rings is 3. The van der Waals surface area contributed by atoms with E-state index in [0.29, 0.717) is 11.4 Å². The van der Waals surface area contributed by atoms with Gasteiger partial charge in [0.15, 0.2) is 6.61 Å². The minimum Gasteiger partial charge on any atom is -0.482 e. The third-order valence-electron chi connectivity index (χ3n) is 4.27. The molecule has 0 heterocycles. The lowest BCUT2D eigenvalue weighted by Crippen LogP contribution is -2.30. The van der Waals surface area contributed by atoms with Crippen molar-refractivity contribution < 1.29 is 22.7 Å². The Labute approximate surface area is 176 Å². The summed E-state index contributed by atoms with van der Waals surface area (Å²) >= 11 is 0. The van der Waals surface area contributed by atoms with E-state index in [9.17, 15) is 13.2 Å². The normalized spacial score (nSPS) is 11.0. The van der Waals surface area contributed by atoms with Gasteiger partial charge in [-0.15, -0.1) is 0 Å². The maximum atomic E-state index is 13.4. The third-order valence-corrected chi connectivity index (χ3v) is 6.06. The fourth-order valence-electron chi connectivity index (χ4n) is 2.86. The fraction of sp³-hybridized carbons (Fsp3) is 0.174. The number of anilines is 1. The van der Waals surface area contributed by atoms with Crippen molar-refractivity contribution in [3.63, 3.8) is 0 Å². The van der Waals surface area contributed by atoms with Crippen LogP contribution in [0.2, 0.25) is 0 Å². The standard InChI is InChI=1S/C23H23NO5S/c1-2-28-23(25)18-29-21-13-9-12-20(16-21)24(17-19-10-5-3-6-11-19)30(26,27)22-14-7-4-8-15-22/h3-16H,2,17-18H2,1H3. The molecule has 7 heteroatoms. The number of esters is 1. The van der Waals surface area contributed by atoms with Gasteiger partial charge in [-0.25, -0.2) is 13.2 Å². The lowest BCUT2D eigenvalue weighted by molar-refractivity contribution is -0.145. The van der Waals surface area contributed by atoms with Crippen LogP contribution in [0, 0.1) is 0 Å². The van der Waals surface area contributed by atoms with Gasteiger partial charge >= 0.3 is 5.97 Å². The van der Waals surface area contributed by atoms with E-state index in [1.54, 1.807) is 61.5 Å². The molecule has 0 aliphatic rings. The smallest absolute Gasteiger partial charge is 0.344 e. The van der Waals surface area contributed by atoms with Gasteiger partial charge in [-0.05, 0) is 36.8 Å². The first kappa shape index (κ1) is 21.4. The van der Waals surface area contributed by atoms with Crippen molar-refractivity contribution in [3.8, 4) is 5.75 Å². The molecule has 0 fully saturated rings. The molecule has 0 aliphatic heterocycles. The number of rotatable bonds is 9. The number of sulfonamides is 1. The van der Waals surface area contributed by atoms with Crippen LogP contribution in [0.3, 0.4) is 0 Å². The first-order valence-corrected chi connectivity index (χ1v) is 10.9. The lowest BCUT2D eigenvalue weighted by Gasteiger charge is -2.25. The molecular formula is C23H23NO5S. The van der Waals surface area contributed by atoms with Crippen LogP contribution in [0.25, 0.3) is 0 Å². The van der Waals surface area contributed by atoms with Gasteiger partial charge in [0, 0.05) is 6.07 Å². The van der Waals surface area contributed by atoms with Crippen LogP contribution >= 0.6 is 0 Å². The SMILES string of the molecule is CCOC(=O)COc1cccc(N(Cc2ccccc2)S(=O)(=O)c2ccccc2)c1. The van der Waals surface area contributed by atoms with Crippen molar-refractivity contribution >= 4 is 21.7 Å². The quantitative estimate of drug-likeness (QED) is 0.484. The molecule has 0 saturated heterocycles. The topological polar surface area (TPSA) is 72.9 Å². The van der Waals surface area contributed by atoms with Gasteiger partial charge in [-0.3, -0.25) is 4.31 Å². The van der Waals surface area contributed by atoms with Crippen molar-refractivity contribution in [2.45, 2.75) is 18.4 Å². The average Bonchev–Trinajstić information content (AvgIpc) is 2.78. The van der Waals surface area contributed by atoms with E-state index in [2.05, 4.69) is 0 Å². The van der Waals surface area contributed by atoms with Crippen molar-refractivity contribution in [3.05, 3.63) is 90.5 Å². The number of carbonyl (C=O) groups excluding carboxylic acids is 1. The molecule has 6 nitrogen and oxygen atoms in total. The molecule has 0 atom stereocenters. The van der Waals surface area contributed by atoms with E-state index in [4.69, 9.17) is 9.47 Å². The van der Waals surface area contributed by atoms with Crippen molar-refractivity contribution in [1.29, 1.82) is 0 Å². The van der Waals surface area contributed by atoms with Gasteiger partial charge in [0.2, 0.25) is 0 Å². The summed E-state index contributed by atoms with van der Waals surface area (Å²) in [5.74, 6) is -0.108. The zero-order chi connectivity index (χ0) is 21.4. The molecule has 0 radical (unpaired) electrons. The second-order valence-corrected chi connectivity index (χ2v) is 8.26. The molecule has 3 aromatic carbocycles. The highest BCUT2D eigenvalue weighted by atomic mass is 32.2. The molecule has 0 bridgehead atoms. The van der Waals surface area contributed by atoms with Crippen LogP contribution in [0.4, 0.5) is 5.69 Å². The van der Waals surface area contributed by atoms with Crippen molar-refractivity contribution in [2.75, 3.05) is 17.5 Å².